The predicted molar refractivity (Wildman–Crippen MR) is 95.2 cm³/mol. The topological polar surface area (TPSA) is 38.7 Å². The van der Waals surface area contributed by atoms with Gasteiger partial charge < -0.3 is 14.6 Å². The van der Waals surface area contributed by atoms with E-state index >= 15 is 0 Å². The molecular formula is C15H11Cl5O3. The summed E-state index contributed by atoms with van der Waals surface area (Å²) >= 11 is 29.8. The second kappa shape index (κ2) is 8.41. The molecule has 2 aromatic carbocycles. The van der Waals surface area contributed by atoms with Crippen LogP contribution < -0.4 is 9.47 Å². The molecule has 2 aromatic rings. The number of phenolic OH excluding ortho intramolecular Hbond substituents is 1. The molecule has 3 nitrogen and oxygen atoms in total. The summed E-state index contributed by atoms with van der Waals surface area (Å²) < 4.78 is 11.0. The normalized spacial score (nSPS) is 10.7. The molecule has 0 radical (unpaired) electrons. The zero-order valence-corrected chi connectivity index (χ0v) is 15.4. The molecule has 0 bridgehead atoms. The van der Waals surface area contributed by atoms with Crippen LogP contribution in [-0.4, -0.2) is 18.3 Å². The number of benzene rings is 2. The maximum absolute atomic E-state index is 9.35. The lowest BCUT2D eigenvalue weighted by Crippen LogP contribution is -2.06. The van der Waals surface area contributed by atoms with Crippen LogP contribution in [0.4, 0.5) is 0 Å². The summed E-state index contributed by atoms with van der Waals surface area (Å²) in [5.74, 6) is 0.662. The molecule has 23 heavy (non-hydrogen) atoms. The molecule has 0 aromatic heterocycles. The van der Waals surface area contributed by atoms with Crippen molar-refractivity contribution in [1.29, 1.82) is 0 Å². The molecule has 0 saturated carbocycles. The monoisotopic (exact) mass is 414 g/mol. The van der Waals surface area contributed by atoms with E-state index in [2.05, 4.69) is 0 Å². The van der Waals surface area contributed by atoms with Gasteiger partial charge in [0.15, 0.2) is 11.5 Å². The third kappa shape index (κ3) is 5.13. The van der Waals surface area contributed by atoms with Crippen molar-refractivity contribution in [3.05, 3.63) is 49.4 Å². The van der Waals surface area contributed by atoms with Crippen LogP contribution in [0.25, 0.3) is 0 Å². The Bertz CT molecular complexity index is 600. The maximum Gasteiger partial charge on any atom is 0.156 e. The Morgan fingerprint density at radius 3 is 1.52 bits per heavy atom. The molecule has 0 aliphatic rings. The van der Waals surface area contributed by atoms with E-state index < -0.39 is 0 Å². The number of aromatic hydroxyl groups is 1. The van der Waals surface area contributed by atoms with Gasteiger partial charge in [0.2, 0.25) is 0 Å². The summed E-state index contributed by atoms with van der Waals surface area (Å²) in [6, 6.07) is 5.81. The van der Waals surface area contributed by atoms with E-state index in [0.29, 0.717) is 46.2 Å². The standard InChI is InChI=1S/C15H11Cl5O3/c16-8-4-10(17)14(11(18)5-8)22-2-1-3-23-15-12(19)6-9(21)7-13(15)20/h4-7,21H,1-3H2. The van der Waals surface area contributed by atoms with E-state index in [4.69, 9.17) is 67.5 Å². The Morgan fingerprint density at radius 1 is 0.696 bits per heavy atom. The van der Waals surface area contributed by atoms with E-state index in [1.807, 2.05) is 0 Å². The highest BCUT2D eigenvalue weighted by Crippen LogP contribution is 2.37. The zero-order valence-electron chi connectivity index (χ0n) is 11.6. The molecule has 2 rings (SSSR count). The van der Waals surface area contributed by atoms with Gasteiger partial charge in [-0.1, -0.05) is 58.0 Å². The van der Waals surface area contributed by atoms with Crippen LogP contribution in [0, 0.1) is 0 Å². The van der Waals surface area contributed by atoms with Gasteiger partial charge in [0.05, 0.1) is 33.3 Å². The second-order valence-electron chi connectivity index (χ2n) is 4.49. The third-order valence-corrected chi connectivity index (χ3v) is 4.07. The summed E-state index contributed by atoms with van der Waals surface area (Å²) in [7, 11) is 0. The fraction of sp³-hybridized carbons (Fsp3) is 0.200. The molecule has 8 heteroatoms. The van der Waals surface area contributed by atoms with Crippen LogP contribution in [0.2, 0.25) is 25.1 Å². The van der Waals surface area contributed by atoms with Crippen molar-refractivity contribution >= 4 is 58.0 Å². The average Bonchev–Trinajstić information content (AvgIpc) is 2.42. The largest absolute Gasteiger partial charge is 0.508 e. The molecule has 0 aliphatic heterocycles. The first-order chi connectivity index (χ1) is 10.9. The first-order valence-electron chi connectivity index (χ1n) is 6.46. The molecule has 0 amide bonds. The van der Waals surface area contributed by atoms with Crippen LogP contribution in [0.5, 0.6) is 17.2 Å². The molecule has 0 atom stereocenters. The fourth-order valence-electron chi connectivity index (χ4n) is 1.76. The van der Waals surface area contributed by atoms with E-state index in [9.17, 15) is 5.11 Å². The van der Waals surface area contributed by atoms with Gasteiger partial charge in [-0.2, -0.15) is 0 Å². The van der Waals surface area contributed by atoms with Crippen LogP contribution in [-0.2, 0) is 0 Å². The molecular weight excluding hydrogens is 405 g/mol. The quantitative estimate of drug-likeness (QED) is 0.546. The first kappa shape index (κ1) is 18.6. The number of ether oxygens (including phenoxy) is 2. The van der Waals surface area contributed by atoms with E-state index in [0.717, 1.165) is 0 Å². The van der Waals surface area contributed by atoms with Gasteiger partial charge in [0.25, 0.3) is 0 Å². The van der Waals surface area contributed by atoms with Gasteiger partial charge in [-0.3, -0.25) is 0 Å². The average molecular weight is 417 g/mol. The van der Waals surface area contributed by atoms with Gasteiger partial charge in [-0.15, -0.1) is 0 Å². The Kier molecular flexibility index (Phi) is 6.81. The number of hydrogen-bond donors (Lipinski definition) is 1. The predicted octanol–water partition coefficient (Wildman–Crippen LogP) is 6.51. The minimum Gasteiger partial charge on any atom is -0.508 e. The minimum atomic E-state index is -0.0253. The second-order valence-corrected chi connectivity index (χ2v) is 6.55. The lowest BCUT2D eigenvalue weighted by atomic mass is 10.3. The van der Waals surface area contributed by atoms with Crippen LogP contribution in [0.1, 0.15) is 6.42 Å². The zero-order chi connectivity index (χ0) is 17.0. The summed E-state index contributed by atoms with van der Waals surface area (Å²) in [6.45, 7) is 0.640. The molecule has 124 valence electrons. The molecule has 0 unspecified atom stereocenters. The van der Waals surface area contributed by atoms with Crippen molar-refractivity contribution in [1.82, 2.24) is 0 Å². The molecule has 0 saturated heterocycles. The van der Waals surface area contributed by atoms with Crippen molar-refractivity contribution in [3.8, 4) is 17.2 Å². The summed E-state index contributed by atoms with van der Waals surface area (Å²) in [4.78, 5) is 0. The van der Waals surface area contributed by atoms with Crippen molar-refractivity contribution in [3.63, 3.8) is 0 Å². The van der Waals surface area contributed by atoms with Crippen molar-refractivity contribution in [2.75, 3.05) is 13.2 Å². The highest BCUT2D eigenvalue weighted by atomic mass is 35.5. The highest BCUT2D eigenvalue weighted by molar-refractivity contribution is 6.40. The SMILES string of the molecule is Oc1cc(Cl)c(OCCCOc2c(Cl)cc(Cl)cc2Cl)c(Cl)c1. The smallest absolute Gasteiger partial charge is 0.156 e. The van der Waals surface area contributed by atoms with Crippen molar-refractivity contribution in [2.45, 2.75) is 6.42 Å². The highest BCUT2D eigenvalue weighted by Gasteiger charge is 2.11. The van der Waals surface area contributed by atoms with Gasteiger partial charge in [0.1, 0.15) is 5.75 Å². The molecule has 0 spiro atoms. The Morgan fingerprint density at radius 2 is 1.09 bits per heavy atom. The number of hydrogen-bond acceptors (Lipinski definition) is 3. The fourth-order valence-corrected chi connectivity index (χ4v) is 3.27. The number of phenols is 1. The van der Waals surface area contributed by atoms with Crippen molar-refractivity contribution in [2.24, 2.45) is 0 Å². The van der Waals surface area contributed by atoms with E-state index in [1.54, 1.807) is 12.1 Å². The first-order valence-corrected chi connectivity index (χ1v) is 8.35. The Labute approximate surface area is 158 Å². The Hall–Kier alpha value is -0.710. The maximum atomic E-state index is 9.35. The third-order valence-electron chi connectivity index (χ3n) is 2.73. The van der Waals surface area contributed by atoms with Gasteiger partial charge >= 0.3 is 0 Å². The van der Waals surface area contributed by atoms with Gasteiger partial charge in [-0.05, 0) is 12.1 Å². The molecule has 1 N–H and O–H groups in total. The van der Waals surface area contributed by atoms with Crippen molar-refractivity contribution < 1.29 is 14.6 Å². The lowest BCUT2D eigenvalue weighted by molar-refractivity contribution is 0.247. The molecule has 0 heterocycles. The van der Waals surface area contributed by atoms with E-state index in [-0.39, 0.29) is 15.8 Å². The number of halogens is 5. The van der Waals surface area contributed by atoms with E-state index in [1.165, 1.54) is 12.1 Å². The number of rotatable bonds is 6. The molecule has 0 aliphatic carbocycles. The lowest BCUT2D eigenvalue weighted by Gasteiger charge is -2.12. The molecule has 0 fully saturated rings. The van der Waals surface area contributed by atoms with Crippen LogP contribution in [0.15, 0.2) is 24.3 Å². The Balaban J connectivity index is 1.85. The van der Waals surface area contributed by atoms with Gasteiger partial charge in [-0.25, -0.2) is 0 Å². The van der Waals surface area contributed by atoms with Crippen LogP contribution in [0.3, 0.4) is 0 Å². The van der Waals surface area contributed by atoms with Gasteiger partial charge in [0, 0.05) is 23.6 Å². The summed E-state index contributed by atoms with van der Waals surface area (Å²) in [5.41, 5.74) is 0. The van der Waals surface area contributed by atoms with Crippen LogP contribution >= 0.6 is 58.0 Å². The summed E-state index contributed by atoms with van der Waals surface area (Å²) in [6.07, 6.45) is 0.544. The minimum absolute atomic E-state index is 0.0253. The summed E-state index contributed by atoms with van der Waals surface area (Å²) in [5, 5.41) is 10.9.